The Hall–Kier alpha value is -0.850. The number of rotatable bonds is 3. The third-order valence-corrected chi connectivity index (χ3v) is 5.71. The minimum absolute atomic E-state index is 0.00667. The Bertz CT molecular complexity index is 634. The number of hydrogen-bond donors (Lipinski definition) is 1. The lowest BCUT2D eigenvalue weighted by Gasteiger charge is -2.03. The molecule has 0 bridgehead atoms. The monoisotopic (exact) mass is 331 g/mol. The van der Waals surface area contributed by atoms with Crippen LogP contribution in [0.25, 0.3) is 0 Å². The Morgan fingerprint density at radius 1 is 1.29 bits per heavy atom. The molecule has 0 saturated carbocycles. The van der Waals surface area contributed by atoms with Crippen LogP contribution in [0, 0.1) is 0 Å². The van der Waals surface area contributed by atoms with Gasteiger partial charge < -0.3 is 5.73 Å². The van der Waals surface area contributed by atoms with Crippen molar-refractivity contribution >= 4 is 42.8 Å². The van der Waals surface area contributed by atoms with Crippen LogP contribution < -0.4 is 5.73 Å². The molecule has 1 aromatic heterocycles. The summed E-state index contributed by atoms with van der Waals surface area (Å²) in [5.74, 6) is 0.00667. The molecule has 2 aromatic rings. The zero-order valence-electron chi connectivity index (χ0n) is 8.76. The first kappa shape index (κ1) is 12.6. The van der Waals surface area contributed by atoms with Gasteiger partial charge in [-0.2, -0.15) is 0 Å². The van der Waals surface area contributed by atoms with Gasteiger partial charge in [-0.3, -0.25) is 0 Å². The van der Waals surface area contributed by atoms with Crippen LogP contribution in [0.4, 0.5) is 5.69 Å². The highest BCUT2D eigenvalue weighted by Crippen LogP contribution is 2.25. The van der Waals surface area contributed by atoms with E-state index in [1.165, 1.54) is 17.4 Å². The average molecular weight is 332 g/mol. The number of nitrogens with two attached hydrogens (primary N) is 1. The summed E-state index contributed by atoms with van der Waals surface area (Å²) in [6.45, 7) is 0. The first-order valence-corrected chi connectivity index (χ1v) is 8.11. The molecule has 0 unspecified atom stereocenters. The Kier molecular flexibility index (Phi) is 3.56. The third kappa shape index (κ3) is 3.08. The van der Waals surface area contributed by atoms with Crippen molar-refractivity contribution in [1.82, 2.24) is 0 Å². The van der Waals surface area contributed by atoms with Gasteiger partial charge in [0.1, 0.15) is 0 Å². The number of sulfone groups is 1. The number of hydrogen-bond acceptors (Lipinski definition) is 4. The van der Waals surface area contributed by atoms with Crippen molar-refractivity contribution in [3.8, 4) is 0 Å². The Balaban J connectivity index is 2.31. The van der Waals surface area contributed by atoms with E-state index in [1.807, 2.05) is 11.4 Å². The maximum atomic E-state index is 12.1. The second-order valence-corrected chi connectivity index (χ2v) is 7.46. The molecule has 0 aliphatic carbocycles. The molecule has 6 heteroatoms. The fraction of sp³-hybridized carbons (Fsp3) is 0.0909. The number of thiophene rings is 1. The van der Waals surface area contributed by atoms with E-state index in [-0.39, 0.29) is 10.6 Å². The highest BCUT2D eigenvalue weighted by atomic mass is 79.9. The molecule has 0 spiro atoms. The summed E-state index contributed by atoms with van der Waals surface area (Å²) >= 11 is 4.72. The molecule has 0 saturated heterocycles. The SMILES string of the molecule is Nc1cccc(S(=O)(=O)Cc2cc(Br)cs2)c1. The summed E-state index contributed by atoms with van der Waals surface area (Å²) < 4.78 is 25.1. The van der Waals surface area contributed by atoms with Crippen LogP contribution in [-0.2, 0) is 15.6 Å². The molecule has 0 aliphatic heterocycles. The Morgan fingerprint density at radius 2 is 2.06 bits per heavy atom. The molecule has 3 nitrogen and oxygen atoms in total. The first-order valence-electron chi connectivity index (χ1n) is 4.78. The smallest absolute Gasteiger partial charge is 0.183 e. The van der Waals surface area contributed by atoms with Gasteiger partial charge in [0, 0.05) is 20.4 Å². The quantitative estimate of drug-likeness (QED) is 0.879. The molecular weight excluding hydrogens is 322 g/mol. The Labute approximate surface area is 112 Å². The number of benzene rings is 1. The lowest BCUT2D eigenvalue weighted by atomic mass is 10.3. The van der Waals surface area contributed by atoms with Gasteiger partial charge >= 0.3 is 0 Å². The van der Waals surface area contributed by atoms with Gasteiger partial charge in [0.2, 0.25) is 0 Å². The van der Waals surface area contributed by atoms with E-state index in [4.69, 9.17) is 5.73 Å². The summed E-state index contributed by atoms with van der Waals surface area (Å²) in [5.41, 5.74) is 6.04. The molecule has 0 atom stereocenters. The summed E-state index contributed by atoms with van der Waals surface area (Å²) in [4.78, 5) is 1.07. The molecule has 1 aromatic carbocycles. The average Bonchev–Trinajstić information content (AvgIpc) is 2.63. The minimum Gasteiger partial charge on any atom is -0.399 e. The van der Waals surface area contributed by atoms with Gasteiger partial charge in [0.25, 0.3) is 0 Å². The van der Waals surface area contributed by atoms with Crippen LogP contribution in [0.5, 0.6) is 0 Å². The summed E-state index contributed by atoms with van der Waals surface area (Å²) in [6, 6.07) is 8.17. The normalized spacial score (nSPS) is 11.6. The number of nitrogen functional groups attached to an aromatic ring is 1. The second-order valence-electron chi connectivity index (χ2n) is 3.56. The Morgan fingerprint density at radius 3 is 2.65 bits per heavy atom. The number of anilines is 1. The van der Waals surface area contributed by atoms with Crippen LogP contribution in [-0.4, -0.2) is 8.42 Å². The van der Waals surface area contributed by atoms with Gasteiger partial charge in [0.15, 0.2) is 9.84 Å². The van der Waals surface area contributed by atoms with Crippen molar-refractivity contribution in [3.63, 3.8) is 0 Å². The molecule has 0 amide bonds. The molecule has 2 N–H and O–H groups in total. The summed E-state index contributed by atoms with van der Waals surface area (Å²) in [6.07, 6.45) is 0. The van der Waals surface area contributed by atoms with Crippen molar-refractivity contribution in [3.05, 3.63) is 45.1 Å². The molecule has 0 radical (unpaired) electrons. The van der Waals surface area contributed by atoms with Gasteiger partial charge in [-0.1, -0.05) is 6.07 Å². The van der Waals surface area contributed by atoms with E-state index in [1.54, 1.807) is 18.2 Å². The van der Waals surface area contributed by atoms with E-state index < -0.39 is 9.84 Å². The molecule has 0 aliphatic rings. The maximum absolute atomic E-state index is 12.1. The van der Waals surface area contributed by atoms with E-state index >= 15 is 0 Å². The van der Waals surface area contributed by atoms with Gasteiger partial charge in [-0.25, -0.2) is 8.42 Å². The van der Waals surface area contributed by atoms with Gasteiger partial charge in [-0.15, -0.1) is 11.3 Å². The molecule has 0 fully saturated rings. The zero-order valence-corrected chi connectivity index (χ0v) is 12.0. The van der Waals surface area contributed by atoms with Crippen molar-refractivity contribution in [1.29, 1.82) is 0 Å². The van der Waals surface area contributed by atoms with Crippen LogP contribution >= 0.6 is 27.3 Å². The topological polar surface area (TPSA) is 60.2 Å². The molecule has 17 heavy (non-hydrogen) atoms. The molecule has 2 rings (SSSR count). The predicted octanol–water partition coefficient (Wildman–Crippen LogP) is 3.07. The maximum Gasteiger partial charge on any atom is 0.183 e. The predicted molar refractivity (Wildman–Crippen MR) is 73.8 cm³/mol. The molecule has 90 valence electrons. The van der Waals surface area contributed by atoms with Crippen LogP contribution in [0.2, 0.25) is 0 Å². The number of halogens is 1. The summed E-state index contributed by atoms with van der Waals surface area (Å²) in [7, 11) is -3.31. The van der Waals surface area contributed by atoms with Crippen molar-refractivity contribution in [2.45, 2.75) is 10.6 Å². The lowest BCUT2D eigenvalue weighted by Crippen LogP contribution is -2.04. The van der Waals surface area contributed by atoms with Crippen LogP contribution in [0.15, 0.2) is 45.1 Å². The zero-order chi connectivity index (χ0) is 12.5. The van der Waals surface area contributed by atoms with Crippen molar-refractivity contribution < 1.29 is 8.42 Å². The van der Waals surface area contributed by atoms with E-state index in [9.17, 15) is 8.42 Å². The molecular formula is C11H10BrNO2S2. The second kappa shape index (κ2) is 4.80. The van der Waals surface area contributed by atoms with E-state index in [0.717, 1.165) is 9.35 Å². The van der Waals surface area contributed by atoms with Gasteiger partial charge in [0.05, 0.1) is 10.6 Å². The lowest BCUT2D eigenvalue weighted by molar-refractivity contribution is 0.595. The largest absolute Gasteiger partial charge is 0.399 e. The highest BCUT2D eigenvalue weighted by Gasteiger charge is 2.16. The first-order chi connectivity index (χ1) is 7.97. The fourth-order valence-electron chi connectivity index (χ4n) is 1.41. The molecule has 1 heterocycles. The van der Waals surface area contributed by atoms with Crippen molar-refractivity contribution in [2.24, 2.45) is 0 Å². The van der Waals surface area contributed by atoms with Crippen LogP contribution in [0.3, 0.4) is 0 Å². The minimum atomic E-state index is -3.31. The van der Waals surface area contributed by atoms with Crippen molar-refractivity contribution in [2.75, 3.05) is 5.73 Å². The van der Waals surface area contributed by atoms with E-state index in [0.29, 0.717) is 5.69 Å². The standard InChI is InChI=1S/C11H10BrNO2S2/c12-8-4-10(16-6-8)7-17(14,15)11-3-1-2-9(13)5-11/h1-6H,7,13H2. The third-order valence-electron chi connectivity index (χ3n) is 2.17. The highest BCUT2D eigenvalue weighted by molar-refractivity contribution is 9.10. The van der Waals surface area contributed by atoms with E-state index in [2.05, 4.69) is 15.9 Å². The van der Waals surface area contributed by atoms with Gasteiger partial charge in [-0.05, 0) is 40.2 Å². The summed E-state index contributed by atoms with van der Waals surface area (Å²) in [5, 5.41) is 1.87. The fourth-order valence-corrected chi connectivity index (χ4v) is 4.61. The van der Waals surface area contributed by atoms with Crippen LogP contribution in [0.1, 0.15) is 4.88 Å².